The quantitative estimate of drug-likeness (QED) is 0.369. The van der Waals surface area contributed by atoms with E-state index in [0.717, 1.165) is 61.5 Å². The minimum Gasteiger partial charge on any atom is -0.497 e. The highest BCUT2D eigenvalue weighted by Gasteiger charge is 2.29. The predicted octanol–water partition coefficient (Wildman–Crippen LogP) is 3.48. The standard InChI is InChI=1S/C28H44N4O3S2/c1-35-24-9-7-22(8-10-24)16-32-13-11-21(12-14-32)15-29-27(33)26(31-28(34)25-18-37-20-30-25)19-36-17-23-5-3-2-4-6-23/h7-10,21,23,25-26,30H,2-6,11-20H2,1H3,(H,29,33)(H,31,34)/t25-,26-/m0/s1. The molecule has 9 heteroatoms. The number of benzene rings is 1. The zero-order valence-corrected chi connectivity index (χ0v) is 23.8. The number of hydrogen-bond acceptors (Lipinski definition) is 7. The number of hydrogen-bond donors (Lipinski definition) is 3. The van der Waals surface area contributed by atoms with Crippen molar-refractivity contribution in [2.24, 2.45) is 11.8 Å². The predicted molar refractivity (Wildman–Crippen MR) is 154 cm³/mol. The Morgan fingerprint density at radius 2 is 1.86 bits per heavy atom. The third-order valence-electron chi connectivity index (χ3n) is 7.87. The number of thioether (sulfide) groups is 2. The molecule has 37 heavy (non-hydrogen) atoms. The van der Waals surface area contributed by atoms with Gasteiger partial charge in [-0.05, 0) is 74.1 Å². The van der Waals surface area contributed by atoms with Crippen LogP contribution >= 0.6 is 23.5 Å². The molecule has 3 N–H and O–H groups in total. The summed E-state index contributed by atoms with van der Waals surface area (Å²) in [5.41, 5.74) is 1.30. The van der Waals surface area contributed by atoms with E-state index in [0.29, 0.717) is 18.2 Å². The molecule has 0 spiro atoms. The van der Waals surface area contributed by atoms with Crippen LogP contribution in [0.3, 0.4) is 0 Å². The summed E-state index contributed by atoms with van der Waals surface area (Å²) in [4.78, 5) is 28.4. The van der Waals surface area contributed by atoms with Gasteiger partial charge in [0.15, 0.2) is 0 Å². The second-order valence-electron chi connectivity index (χ2n) is 10.7. The lowest BCUT2D eigenvalue weighted by Crippen LogP contribution is -2.54. The number of amides is 2. The number of nitrogens with zero attached hydrogens (tertiary/aromatic N) is 1. The van der Waals surface area contributed by atoms with Crippen molar-refractivity contribution in [3.8, 4) is 5.75 Å². The molecule has 3 aliphatic rings. The molecule has 2 atom stereocenters. The van der Waals surface area contributed by atoms with Crippen LogP contribution in [-0.4, -0.2) is 78.7 Å². The highest BCUT2D eigenvalue weighted by Crippen LogP contribution is 2.27. The van der Waals surface area contributed by atoms with Crippen molar-refractivity contribution in [2.45, 2.75) is 63.6 Å². The van der Waals surface area contributed by atoms with Gasteiger partial charge < -0.3 is 15.4 Å². The van der Waals surface area contributed by atoms with Crippen molar-refractivity contribution in [1.29, 1.82) is 0 Å². The Morgan fingerprint density at radius 3 is 2.54 bits per heavy atom. The first-order chi connectivity index (χ1) is 18.1. The maximum Gasteiger partial charge on any atom is 0.243 e. The number of nitrogens with one attached hydrogen (secondary N) is 3. The number of likely N-dealkylation sites (tertiary alicyclic amines) is 1. The lowest BCUT2D eigenvalue weighted by Gasteiger charge is -2.32. The van der Waals surface area contributed by atoms with Gasteiger partial charge >= 0.3 is 0 Å². The molecule has 4 rings (SSSR count). The van der Waals surface area contributed by atoms with Gasteiger partial charge in [-0.3, -0.25) is 19.8 Å². The number of methoxy groups -OCH3 is 1. The molecule has 0 radical (unpaired) electrons. The first-order valence-corrected chi connectivity index (χ1v) is 16.2. The summed E-state index contributed by atoms with van der Waals surface area (Å²) in [5.74, 6) is 5.35. The van der Waals surface area contributed by atoms with Crippen LogP contribution in [0, 0.1) is 11.8 Å². The Bertz CT molecular complexity index is 836. The van der Waals surface area contributed by atoms with Crippen molar-refractivity contribution in [3.05, 3.63) is 29.8 Å². The van der Waals surface area contributed by atoms with Gasteiger partial charge in [0.25, 0.3) is 0 Å². The number of rotatable bonds is 12. The number of carbonyl (C=O) groups excluding carboxylic acids is 2. The van der Waals surface area contributed by atoms with Crippen LogP contribution in [0.1, 0.15) is 50.5 Å². The number of carbonyl (C=O) groups is 2. The van der Waals surface area contributed by atoms with Crippen molar-refractivity contribution in [3.63, 3.8) is 0 Å². The van der Waals surface area contributed by atoms with E-state index in [1.54, 1.807) is 18.9 Å². The summed E-state index contributed by atoms with van der Waals surface area (Å²) >= 11 is 3.56. The monoisotopic (exact) mass is 548 g/mol. The molecular formula is C28H44N4O3S2. The van der Waals surface area contributed by atoms with Gasteiger partial charge in [-0.1, -0.05) is 31.4 Å². The Hall–Kier alpha value is -1.42. The topological polar surface area (TPSA) is 82.7 Å². The molecule has 3 fully saturated rings. The molecule has 1 aromatic rings. The van der Waals surface area contributed by atoms with Crippen molar-refractivity contribution >= 4 is 35.3 Å². The zero-order valence-electron chi connectivity index (χ0n) is 22.2. The maximum absolute atomic E-state index is 13.2. The summed E-state index contributed by atoms with van der Waals surface area (Å²) in [6.45, 7) is 3.71. The molecule has 2 amide bonds. The minimum atomic E-state index is -0.469. The van der Waals surface area contributed by atoms with Gasteiger partial charge in [-0.2, -0.15) is 11.8 Å². The van der Waals surface area contributed by atoms with Crippen LogP contribution in [0.5, 0.6) is 5.75 Å². The smallest absolute Gasteiger partial charge is 0.243 e. The van der Waals surface area contributed by atoms with Gasteiger partial charge in [0, 0.05) is 30.5 Å². The van der Waals surface area contributed by atoms with E-state index in [-0.39, 0.29) is 17.9 Å². The highest BCUT2D eigenvalue weighted by molar-refractivity contribution is 7.99. The summed E-state index contributed by atoms with van der Waals surface area (Å²) in [6, 6.07) is 7.63. The third-order valence-corrected chi connectivity index (χ3v) is 10.1. The molecule has 2 saturated heterocycles. The van der Waals surface area contributed by atoms with E-state index in [1.807, 2.05) is 23.9 Å². The fourth-order valence-corrected chi connectivity index (χ4v) is 7.65. The summed E-state index contributed by atoms with van der Waals surface area (Å²) < 4.78 is 5.26. The highest BCUT2D eigenvalue weighted by atomic mass is 32.2. The van der Waals surface area contributed by atoms with Gasteiger partial charge in [0.2, 0.25) is 11.8 Å². The van der Waals surface area contributed by atoms with Gasteiger partial charge in [0.1, 0.15) is 11.8 Å². The van der Waals surface area contributed by atoms with Crippen LogP contribution in [-0.2, 0) is 16.1 Å². The fraction of sp³-hybridized carbons (Fsp3) is 0.714. The molecule has 206 valence electrons. The van der Waals surface area contributed by atoms with Crippen LogP contribution in [0.2, 0.25) is 0 Å². The molecule has 1 aromatic carbocycles. The number of ether oxygens (including phenoxy) is 1. The van der Waals surface area contributed by atoms with E-state index in [1.165, 1.54) is 37.7 Å². The molecule has 1 aliphatic carbocycles. The SMILES string of the molecule is COc1ccc(CN2CCC(CNC(=O)[C@H](CSCC3CCCCC3)NC(=O)[C@@H]3CSCN3)CC2)cc1. The van der Waals surface area contributed by atoms with Crippen molar-refractivity contribution in [2.75, 3.05) is 49.9 Å². The van der Waals surface area contributed by atoms with Crippen LogP contribution in [0.4, 0.5) is 0 Å². The molecule has 0 aromatic heterocycles. The van der Waals surface area contributed by atoms with Gasteiger partial charge in [-0.15, -0.1) is 11.8 Å². The Morgan fingerprint density at radius 1 is 1.11 bits per heavy atom. The Kier molecular flexibility index (Phi) is 11.8. The third kappa shape index (κ3) is 9.37. The van der Waals surface area contributed by atoms with E-state index >= 15 is 0 Å². The fourth-order valence-electron chi connectivity index (χ4n) is 5.43. The normalized spacial score (nSPS) is 22.5. The molecule has 0 bridgehead atoms. The lowest BCUT2D eigenvalue weighted by atomic mass is 9.91. The summed E-state index contributed by atoms with van der Waals surface area (Å²) in [7, 11) is 1.69. The molecule has 0 unspecified atom stereocenters. The largest absolute Gasteiger partial charge is 0.497 e. The average molecular weight is 549 g/mol. The molecule has 1 saturated carbocycles. The van der Waals surface area contributed by atoms with Crippen LogP contribution in [0.15, 0.2) is 24.3 Å². The van der Waals surface area contributed by atoms with E-state index < -0.39 is 6.04 Å². The second-order valence-corrected chi connectivity index (χ2v) is 12.8. The van der Waals surface area contributed by atoms with Crippen molar-refractivity contribution in [1.82, 2.24) is 20.9 Å². The molecule has 2 heterocycles. The molecule has 2 aliphatic heterocycles. The first kappa shape index (κ1) is 28.6. The van der Waals surface area contributed by atoms with E-state index in [9.17, 15) is 9.59 Å². The van der Waals surface area contributed by atoms with Crippen molar-refractivity contribution < 1.29 is 14.3 Å². The maximum atomic E-state index is 13.2. The van der Waals surface area contributed by atoms with E-state index in [4.69, 9.17) is 4.74 Å². The summed E-state index contributed by atoms with van der Waals surface area (Å²) in [6.07, 6.45) is 8.77. The van der Waals surface area contributed by atoms with Crippen LogP contribution in [0.25, 0.3) is 0 Å². The Balaban J connectivity index is 1.20. The molecule has 7 nitrogen and oxygen atoms in total. The molecular weight excluding hydrogens is 504 g/mol. The number of piperidine rings is 1. The second kappa shape index (κ2) is 15.2. The van der Waals surface area contributed by atoms with Gasteiger partial charge in [0.05, 0.1) is 13.2 Å². The zero-order chi connectivity index (χ0) is 25.9. The van der Waals surface area contributed by atoms with E-state index in [2.05, 4.69) is 33.0 Å². The lowest BCUT2D eigenvalue weighted by molar-refractivity contribution is -0.129. The van der Waals surface area contributed by atoms with Crippen LogP contribution < -0.4 is 20.7 Å². The first-order valence-electron chi connectivity index (χ1n) is 13.9. The average Bonchev–Trinajstić information content (AvgIpc) is 3.48. The summed E-state index contributed by atoms with van der Waals surface area (Å²) in [5, 5.41) is 9.47. The Labute approximate surface area is 231 Å². The minimum absolute atomic E-state index is 0.0317. The van der Waals surface area contributed by atoms with Gasteiger partial charge in [-0.25, -0.2) is 0 Å².